The van der Waals surface area contributed by atoms with Crippen molar-refractivity contribution >= 4 is 48.2 Å². The van der Waals surface area contributed by atoms with Gasteiger partial charge in [-0.3, -0.25) is 4.79 Å². The molecule has 152 valence electrons. The van der Waals surface area contributed by atoms with Crippen LogP contribution in [0.25, 0.3) is 0 Å². The Hall–Kier alpha value is -2.09. The van der Waals surface area contributed by atoms with E-state index < -0.39 is 0 Å². The highest BCUT2D eigenvalue weighted by Crippen LogP contribution is 2.35. The number of hydrogen-bond donors (Lipinski definition) is 3. The van der Waals surface area contributed by atoms with E-state index in [1.54, 1.807) is 0 Å². The number of rotatable bonds is 5. The number of amides is 1. The summed E-state index contributed by atoms with van der Waals surface area (Å²) in [5.41, 5.74) is 14.8. The van der Waals surface area contributed by atoms with Crippen LogP contribution in [0.1, 0.15) is 42.9 Å². The summed E-state index contributed by atoms with van der Waals surface area (Å²) in [5.74, 6) is 1.60. The Morgan fingerprint density at radius 3 is 2.46 bits per heavy atom. The molecule has 1 saturated carbocycles. The standard InChI is InChI=1S/C19H24N6O.2ClH/c20-14-8-13(9-14)16-10-17(24-19(21)23-16)22-11-12-3-5-15(6-4-12)25-7-1-2-18(25)26;;/h3-6,10,13-14H,1-2,7-9,11,20H2,(H3,21,22,23,24);2*1H. The van der Waals surface area contributed by atoms with E-state index in [1.165, 1.54) is 0 Å². The van der Waals surface area contributed by atoms with Crippen LogP contribution in [0.15, 0.2) is 30.3 Å². The Morgan fingerprint density at radius 2 is 1.86 bits per heavy atom. The average Bonchev–Trinajstić information content (AvgIpc) is 3.03. The highest BCUT2D eigenvalue weighted by molar-refractivity contribution is 5.95. The van der Waals surface area contributed by atoms with Gasteiger partial charge in [-0.25, -0.2) is 4.98 Å². The first-order valence-electron chi connectivity index (χ1n) is 9.12. The van der Waals surface area contributed by atoms with E-state index in [0.29, 0.717) is 18.9 Å². The van der Waals surface area contributed by atoms with E-state index in [2.05, 4.69) is 15.3 Å². The second-order valence-electron chi connectivity index (χ2n) is 7.13. The van der Waals surface area contributed by atoms with Gasteiger partial charge < -0.3 is 21.7 Å². The number of aromatic nitrogens is 2. The minimum Gasteiger partial charge on any atom is -0.368 e. The van der Waals surface area contributed by atoms with Gasteiger partial charge in [-0.1, -0.05) is 12.1 Å². The highest BCUT2D eigenvalue weighted by atomic mass is 35.5. The molecule has 2 aliphatic rings. The molecule has 1 aliphatic carbocycles. The molecule has 5 N–H and O–H groups in total. The number of nitrogen functional groups attached to an aromatic ring is 1. The number of carbonyl (C=O) groups excluding carboxylic acids is 1. The minimum atomic E-state index is 0. The molecule has 1 aromatic carbocycles. The first-order chi connectivity index (χ1) is 12.6. The lowest BCUT2D eigenvalue weighted by Gasteiger charge is -2.32. The maximum absolute atomic E-state index is 11.8. The summed E-state index contributed by atoms with van der Waals surface area (Å²) in [6.45, 7) is 1.44. The summed E-state index contributed by atoms with van der Waals surface area (Å²) in [7, 11) is 0. The van der Waals surface area contributed by atoms with Gasteiger partial charge in [0, 0.05) is 43.2 Å². The fourth-order valence-corrected chi connectivity index (χ4v) is 3.60. The molecule has 1 amide bonds. The van der Waals surface area contributed by atoms with Crippen molar-refractivity contribution in [2.75, 3.05) is 22.5 Å². The number of nitrogens with two attached hydrogens (primary N) is 2. The zero-order chi connectivity index (χ0) is 18.1. The molecular weight excluding hydrogens is 399 g/mol. The summed E-state index contributed by atoms with van der Waals surface area (Å²) < 4.78 is 0. The fraction of sp³-hybridized carbons (Fsp3) is 0.421. The molecule has 0 unspecified atom stereocenters. The second-order valence-corrected chi connectivity index (χ2v) is 7.13. The number of nitrogens with zero attached hydrogens (tertiary/aromatic N) is 3. The highest BCUT2D eigenvalue weighted by Gasteiger charge is 2.29. The van der Waals surface area contributed by atoms with Gasteiger partial charge in [-0.2, -0.15) is 4.98 Å². The molecule has 1 aromatic heterocycles. The van der Waals surface area contributed by atoms with Crippen molar-refractivity contribution in [2.24, 2.45) is 5.73 Å². The van der Waals surface area contributed by atoms with E-state index >= 15 is 0 Å². The molecule has 28 heavy (non-hydrogen) atoms. The summed E-state index contributed by atoms with van der Waals surface area (Å²) in [6, 6.07) is 10.3. The first kappa shape index (κ1) is 22.2. The predicted molar refractivity (Wildman–Crippen MR) is 116 cm³/mol. The third-order valence-corrected chi connectivity index (χ3v) is 5.15. The summed E-state index contributed by atoms with van der Waals surface area (Å²) in [6.07, 6.45) is 3.48. The quantitative estimate of drug-likeness (QED) is 0.680. The van der Waals surface area contributed by atoms with E-state index in [1.807, 2.05) is 35.2 Å². The van der Waals surface area contributed by atoms with Crippen molar-refractivity contribution in [1.29, 1.82) is 0 Å². The molecule has 0 radical (unpaired) electrons. The number of benzene rings is 1. The minimum absolute atomic E-state index is 0. The summed E-state index contributed by atoms with van der Waals surface area (Å²) in [5, 5.41) is 3.31. The van der Waals surface area contributed by atoms with Crippen LogP contribution in [-0.2, 0) is 11.3 Å². The van der Waals surface area contributed by atoms with Gasteiger partial charge in [0.25, 0.3) is 0 Å². The Labute approximate surface area is 177 Å². The largest absolute Gasteiger partial charge is 0.368 e. The van der Waals surface area contributed by atoms with Crippen LogP contribution >= 0.6 is 24.8 Å². The van der Waals surface area contributed by atoms with Crippen molar-refractivity contribution in [3.63, 3.8) is 0 Å². The Kier molecular flexibility index (Phi) is 7.46. The van der Waals surface area contributed by atoms with E-state index in [9.17, 15) is 4.79 Å². The fourth-order valence-electron chi connectivity index (χ4n) is 3.60. The number of halogens is 2. The van der Waals surface area contributed by atoms with Crippen LogP contribution in [0.3, 0.4) is 0 Å². The molecule has 1 saturated heterocycles. The molecule has 9 heteroatoms. The van der Waals surface area contributed by atoms with Crippen LogP contribution in [0.4, 0.5) is 17.5 Å². The lowest BCUT2D eigenvalue weighted by atomic mass is 9.78. The van der Waals surface area contributed by atoms with Crippen molar-refractivity contribution in [3.8, 4) is 0 Å². The molecule has 7 nitrogen and oxygen atoms in total. The first-order valence-corrected chi connectivity index (χ1v) is 9.12. The van der Waals surface area contributed by atoms with Crippen LogP contribution in [0, 0.1) is 0 Å². The van der Waals surface area contributed by atoms with Crippen molar-refractivity contribution in [2.45, 2.75) is 44.2 Å². The van der Waals surface area contributed by atoms with Gasteiger partial charge in [0.1, 0.15) is 5.82 Å². The summed E-state index contributed by atoms with van der Waals surface area (Å²) in [4.78, 5) is 22.3. The maximum atomic E-state index is 11.8. The molecule has 2 heterocycles. The third-order valence-electron chi connectivity index (χ3n) is 5.15. The van der Waals surface area contributed by atoms with E-state index in [0.717, 1.165) is 48.6 Å². The Balaban J connectivity index is 0.00000140. The lowest BCUT2D eigenvalue weighted by molar-refractivity contribution is -0.117. The second kappa shape index (κ2) is 9.41. The normalized spacial score (nSPS) is 20.8. The van der Waals surface area contributed by atoms with Crippen molar-refractivity contribution < 1.29 is 4.79 Å². The number of hydrogen-bond acceptors (Lipinski definition) is 6. The molecule has 2 fully saturated rings. The van der Waals surface area contributed by atoms with Crippen LogP contribution in [0.5, 0.6) is 0 Å². The number of nitrogens with one attached hydrogen (secondary N) is 1. The molecular formula is C19H26Cl2N6O. The van der Waals surface area contributed by atoms with E-state index in [4.69, 9.17) is 11.5 Å². The molecule has 2 aromatic rings. The molecule has 4 rings (SSSR count). The van der Waals surface area contributed by atoms with Gasteiger partial charge >= 0.3 is 0 Å². The molecule has 0 atom stereocenters. The van der Waals surface area contributed by atoms with E-state index in [-0.39, 0.29) is 42.7 Å². The van der Waals surface area contributed by atoms with Crippen molar-refractivity contribution in [1.82, 2.24) is 9.97 Å². The van der Waals surface area contributed by atoms with Crippen molar-refractivity contribution in [3.05, 3.63) is 41.6 Å². The Morgan fingerprint density at radius 1 is 1.14 bits per heavy atom. The van der Waals surface area contributed by atoms with Crippen LogP contribution in [0.2, 0.25) is 0 Å². The number of anilines is 3. The SMILES string of the molecule is Cl.Cl.Nc1nc(NCc2ccc(N3CCCC3=O)cc2)cc(C2CC(N)C2)n1. The monoisotopic (exact) mass is 424 g/mol. The summed E-state index contributed by atoms with van der Waals surface area (Å²) >= 11 is 0. The van der Waals surface area contributed by atoms with Crippen LogP contribution in [-0.4, -0.2) is 28.5 Å². The van der Waals surface area contributed by atoms with Gasteiger partial charge in [0.15, 0.2) is 0 Å². The topological polar surface area (TPSA) is 110 Å². The van der Waals surface area contributed by atoms with Gasteiger partial charge in [0.05, 0.1) is 5.69 Å². The average molecular weight is 425 g/mol. The molecule has 0 bridgehead atoms. The maximum Gasteiger partial charge on any atom is 0.227 e. The number of carbonyl (C=O) groups is 1. The predicted octanol–water partition coefficient (Wildman–Crippen LogP) is 2.85. The zero-order valence-electron chi connectivity index (χ0n) is 15.5. The van der Waals surface area contributed by atoms with Gasteiger partial charge in [-0.15, -0.1) is 24.8 Å². The third kappa shape index (κ3) is 4.84. The Bertz CT molecular complexity index is 811. The van der Waals surface area contributed by atoms with Gasteiger partial charge in [-0.05, 0) is 37.0 Å². The lowest BCUT2D eigenvalue weighted by Crippen LogP contribution is -2.35. The molecule has 0 spiro atoms. The molecule has 1 aliphatic heterocycles. The smallest absolute Gasteiger partial charge is 0.227 e. The van der Waals surface area contributed by atoms with Crippen LogP contribution < -0.4 is 21.7 Å². The zero-order valence-corrected chi connectivity index (χ0v) is 17.1. The van der Waals surface area contributed by atoms with Gasteiger partial charge in [0.2, 0.25) is 11.9 Å².